The summed E-state index contributed by atoms with van der Waals surface area (Å²) in [4.78, 5) is 14.2. The SMILES string of the molecule is COc1ccc(C(=O)C2=CN(c3ccccc3)c3cc(F)ccc3S2(=O)=O)cc1OC. The van der Waals surface area contributed by atoms with Crippen LogP contribution in [0.1, 0.15) is 10.4 Å². The van der Waals surface area contributed by atoms with Crippen LogP contribution >= 0.6 is 0 Å². The molecule has 0 bridgehead atoms. The first kappa shape index (κ1) is 20.6. The molecule has 0 N–H and O–H groups in total. The third-order valence-corrected chi connectivity index (χ3v) is 6.70. The number of carbonyl (C=O) groups is 1. The van der Waals surface area contributed by atoms with Crippen molar-refractivity contribution in [2.45, 2.75) is 4.90 Å². The van der Waals surface area contributed by atoms with E-state index in [1.54, 1.807) is 30.3 Å². The second-order valence-corrected chi connectivity index (χ2v) is 8.60. The van der Waals surface area contributed by atoms with Crippen LogP contribution in [0.15, 0.2) is 82.7 Å². The number of methoxy groups -OCH3 is 2. The molecule has 4 rings (SSSR count). The molecular weight excluding hydrogens is 421 g/mol. The number of allylic oxidation sites excluding steroid dienone is 1. The van der Waals surface area contributed by atoms with Crippen LogP contribution in [-0.2, 0) is 9.84 Å². The molecule has 0 aliphatic carbocycles. The molecule has 0 spiro atoms. The second kappa shape index (κ2) is 7.88. The Bertz CT molecular complexity index is 1300. The average molecular weight is 439 g/mol. The first-order valence-electron chi connectivity index (χ1n) is 9.24. The number of ketones is 1. The van der Waals surface area contributed by atoms with Gasteiger partial charge in [-0.1, -0.05) is 18.2 Å². The van der Waals surface area contributed by atoms with E-state index in [0.29, 0.717) is 17.2 Å². The molecule has 0 aromatic heterocycles. The number of para-hydroxylation sites is 1. The summed E-state index contributed by atoms with van der Waals surface area (Å²) in [6, 6.07) is 16.6. The molecule has 31 heavy (non-hydrogen) atoms. The molecule has 1 aliphatic rings. The van der Waals surface area contributed by atoms with Gasteiger partial charge in [-0.3, -0.25) is 4.79 Å². The highest BCUT2D eigenvalue weighted by Crippen LogP contribution is 2.41. The van der Waals surface area contributed by atoms with Gasteiger partial charge in [0, 0.05) is 17.5 Å². The highest BCUT2D eigenvalue weighted by molar-refractivity contribution is 7.96. The monoisotopic (exact) mass is 439 g/mol. The quantitative estimate of drug-likeness (QED) is 0.431. The van der Waals surface area contributed by atoms with Crippen molar-refractivity contribution in [3.63, 3.8) is 0 Å². The van der Waals surface area contributed by atoms with Crippen molar-refractivity contribution in [1.29, 1.82) is 0 Å². The van der Waals surface area contributed by atoms with E-state index >= 15 is 0 Å². The van der Waals surface area contributed by atoms with E-state index in [9.17, 15) is 17.6 Å². The van der Waals surface area contributed by atoms with Crippen LogP contribution in [0.2, 0.25) is 0 Å². The minimum Gasteiger partial charge on any atom is -0.493 e. The van der Waals surface area contributed by atoms with E-state index < -0.39 is 26.3 Å². The fraction of sp³-hybridized carbons (Fsp3) is 0.0870. The zero-order chi connectivity index (χ0) is 22.2. The third kappa shape index (κ3) is 3.55. The summed E-state index contributed by atoms with van der Waals surface area (Å²) in [6.07, 6.45) is 1.23. The number of rotatable bonds is 5. The molecule has 1 aliphatic heterocycles. The Labute approximate surface area is 179 Å². The zero-order valence-corrected chi connectivity index (χ0v) is 17.5. The van der Waals surface area contributed by atoms with E-state index in [4.69, 9.17) is 9.47 Å². The van der Waals surface area contributed by atoms with Crippen molar-refractivity contribution >= 4 is 27.0 Å². The molecule has 8 heteroatoms. The number of fused-ring (bicyclic) bond motifs is 1. The summed E-state index contributed by atoms with van der Waals surface area (Å²) in [7, 11) is -1.31. The van der Waals surface area contributed by atoms with E-state index in [0.717, 1.165) is 12.1 Å². The van der Waals surface area contributed by atoms with Gasteiger partial charge in [-0.25, -0.2) is 12.8 Å². The maximum atomic E-state index is 14.0. The minimum absolute atomic E-state index is 0.117. The van der Waals surface area contributed by atoms with Crippen LogP contribution < -0.4 is 14.4 Å². The molecule has 0 unspecified atom stereocenters. The molecule has 3 aromatic rings. The summed E-state index contributed by atoms with van der Waals surface area (Å²) in [5.74, 6) is -0.592. The summed E-state index contributed by atoms with van der Waals surface area (Å²) in [5.41, 5.74) is 0.836. The number of halogens is 1. The number of anilines is 2. The number of hydrogen-bond acceptors (Lipinski definition) is 6. The molecule has 1 heterocycles. The molecule has 0 atom stereocenters. The molecule has 0 saturated carbocycles. The average Bonchev–Trinajstić information content (AvgIpc) is 2.78. The normalized spacial score (nSPS) is 14.4. The van der Waals surface area contributed by atoms with Crippen LogP contribution in [-0.4, -0.2) is 28.4 Å². The second-order valence-electron chi connectivity index (χ2n) is 6.71. The van der Waals surface area contributed by atoms with Gasteiger partial charge >= 0.3 is 0 Å². The van der Waals surface area contributed by atoms with Gasteiger partial charge in [-0.05, 0) is 48.5 Å². The molecular formula is C23H18FNO5S. The van der Waals surface area contributed by atoms with Gasteiger partial charge in [0.25, 0.3) is 0 Å². The highest BCUT2D eigenvalue weighted by Gasteiger charge is 2.36. The Hall–Kier alpha value is -3.65. The lowest BCUT2D eigenvalue weighted by molar-refractivity contribution is 0.104. The smallest absolute Gasteiger partial charge is 0.214 e. The molecule has 158 valence electrons. The first-order valence-corrected chi connectivity index (χ1v) is 10.7. The fourth-order valence-electron chi connectivity index (χ4n) is 3.38. The van der Waals surface area contributed by atoms with Gasteiger partial charge in [0.05, 0.1) is 24.8 Å². The standard InChI is InChI=1S/C23H18FNO5S/c1-29-19-10-8-15(12-20(19)30-2)23(26)22-14-25(17-6-4-3-5-7-17)18-13-16(24)9-11-21(18)31(22,27)28/h3-14H,1-2H3. The predicted molar refractivity (Wildman–Crippen MR) is 114 cm³/mol. The topological polar surface area (TPSA) is 72.9 Å². The van der Waals surface area contributed by atoms with E-state index in [2.05, 4.69) is 0 Å². The van der Waals surface area contributed by atoms with Crippen LogP contribution in [0.5, 0.6) is 11.5 Å². The zero-order valence-electron chi connectivity index (χ0n) is 16.7. The van der Waals surface area contributed by atoms with Crippen LogP contribution in [0.3, 0.4) is 0 Å². The summed E-state index contributed by atoms with van der Waals surface area (Å²) >= 11 is 0. The van der Waals surface area contributed by atoms with Crippen LogP contribution in [0.4, 0.5) is 15.8 Å². The van der Waals surface area contributed by atoms with Crippen molar-refractivity contribution in [2.24, 2.45) is 0 Å². The lowest BCUT2D eigenvalue weighted by Crippen LogP contribution is -2.26. The molecule has 6 nitrogen and oxygen atoms in total. The van der Waals surface area contributed by atoms with Gasteiger partial charge in [-0.15, -0.1) is 0 Å². The van der Waals surface area contributed by atoms with Crippen LogP contribution in [0, 0.1) is 5.82 Å². The van der Waals surface area contributed by atoms with Crippen molar-refractivity contribution in [2.75, 3.05) is 19.1 Å². The molecule has 0 radical (unpaired) electrons. The van der Waals surface area contributed by atoms with Gasteiger partial charge < -0.3 is 14.4 Å². The van der Waals surface area contributed by atoms with Crippen molar-refractivity contribution < 1.29 is 27.1 Å². The largest absolute Gasteiger partial charge is 0.493 e. The number of ether oxygens (including phenoxy) is 2. The van der Waals surface area contributed by atoms with Crippen molar-refractivity contribution in [3.05, 3.63) is 89.2 Å². The summed E-state index contributed by atoms with van der Waals surface area (Å²) in [5, 5.41) is 0. The van der Waals surface area contributed by atoms with Gasteiger partial charge in [-0.2, -0.15) is 0 Å². The fourth-order valence-corrected chi connectivity index (χ4v) is 4.91. The van der Waals surface area contributed by atoms with Gasteiger partial charge in [0.15, 0.2) is 11.5 Å². The Balaban J connectivity index is 1.90. The Kier molecular flexibility index (Phi) is 5.24. The number of hydrogen-bond donors (Lipinski definition) is 0. The van der Waals surface area contributed by atoms with Gasteiger partial charge in [0.1, 0.15) is 10.7 Å². The molecule has 0 saturated heterocycles. The Morgan fingerprint density at radius 3 is 2.29 bits per heavy atom. The lowest BCUT2D eigenvalue weighted by Gasteiger charge is -2.29. The Morgan fingerprint density at radius 2 is 1.61 bits per heavy atom. The number of benzene rings is 3. The van der Waals surface area contributed by atoms with Gasteiger partial charge in [0.2, 0.25) is 15.6 Å². The molecule has 0 fully saturated rings. The number of carbonyl (C=O) groups excluding carboxylic acids is 1. The number of Topliss-reactive ketones (excluding diaryl/α,β-unsaturated/α-hetero) is 1. The highest BCUT2D eigenvalue weighted by atomic mass is 32.2. The predicted octanol–water partition coefficient (Wildman–Crippen LogP) is 4.49. The number of sulfone groups is 1. The maximum absolute atomic E-state index is 14.0. The van der Waals surface area contributed by atoms with Crippen LogP contribution in [0.25, 0.3) is 0 Å². The minimum atomic E-state index is -4.19. The number of nitrogens with zero attached hydrogens (tertiary/aromatic N) is 1. The summed E-state index contributed by atoms with van der Waals surface area (Å²) < 4.78 is 51.0. The third-order valence-electron chi connectivity index (χ3n) is 4.91. The Morgan fingerprint density at radius 1 is 0.903 bits per heavy atom. The van der Waals surface area contributed by atoms with E-state index in [-0.39, 0.29) is 16.1 Å². The van der Waals surface area contributed by atoms with E-state index in [1.165, 1.54) is 49.6 Å². The first-order chi connectivity index (χ1) is 14.9. The lowest BCUT2D eigenvalue weighted by atomic mass is 10.1. The molecule has 3 aromatic carbocycles. The van der Waals surface area contributed by atoms with Crippen molar-refractivity contribution in [3.8, 4) is 11.5 Å². The summed E-state index contributed by atoms with van der Waals surface area (Å²) in [6.45, 7) is 0. The van der Waals surface area contributed by atoms with Crippen molar-refractivity contribution in [1.82, 2.24) is 0 Å². The maximum Gasteiger partial charge on any atom is 0.214 e. The molecule has 0 amide bonds. The van der Waals surface area contributed by atoms with E-state index in [1.807, 2.05) is 0 Å².